The summed E-state index contributed by atoms with van der Waals surface area (Å²) in [7, 11) is 0. The van der Waals surface area contributed by atoms with E-state index in [9.17, 15) is 0 Å². The molecule has 0 spiro atoms. The number of hydrogen-bond donors (Lipinski definition) is 2. The smallest absolute Gasteiger partial charge is 0.189 e. The van der Waals surface area contributed by atoms with E-state index in [4.69, 9.17) is 5.73 Å². The molecule has 3 rings (SSSR count). The second-order valence-electron chi connectivity index (χ2n) is 6.03. The van der Waals surface area contributed by atoms with Crippen molar-refractivity contribution in [3.05, 3.63) is 29.6 Å². The number of nitrogens with one attached hydrogen (secondary N) is 1. The van der Waals surface area contributed by atoms with Crippen LogP contribution in [0.15, 0.2) is 29.6 Å². The Balaban J connectivity index is 1.57. The molecule has 2 aromatic rings. The molecule has 1 aliphatic heterocycles. The van der Waals surface area contributed by atoms with Crippen LogP contribution in [0.3, 0.4) is 0 Å². The van der Waals surface area contributed by atoms with Crippen molar-refractivity contribution < 1.29 is 0 Å². The molecule has 0 saturated carbocycles. The minimum Gasteiger partial charge on any atom is -0.383 e. The molecule has 1 unspecified atom stereocenters. The molecule has 3 N–H and O–H groups in total. The lowest BCUT2D eigenvalue weighted by Gasteiger charge is -2.39. The highest BCUT2D eigenvalue weighted by atomic mass is 32.1. The van der Waals surface area contributed by atoms with E-state index in [0.29, 0.717) is 11.9 Å². The van der Waals surface area contributed by atoms with Gasteiger partial charge in [0.1, 0.15) is 5.82 Å². The van der Waals surface area contributed by atoms with Crippen molar-refractivity contribution in [3.63, 3.8) is 0 Å². The van der Waals surface area contributed by atoms with E-state index in [0.717, 1.165) is 37.0 Å². The molecular weight excluding hydrogens is 306 g/mol. The quantitative estimate of drug-likeness (QED) is 0.879. The molecule has 1 atom stereocenters. The second kappa shape index (κ2) is 7.19. The summed E-state index contributed by atoms with van der Waals surface area (Å²) in [6.07, 6.45) is 1.22. The number of aromatic nitrogens is 1. The van der Waals surface area contributed by atoms with Crippen molar-refractivity contribution >= 4 is 33.7 Å². The number of rotatable bonds is 5. The van der Waals surface area contributed by atoms with Crippen LogP contribution in [0.5, 0.6) is 0 Å². The lowest BCUT2D eigenvalue weighted by Crippen LogP contribution is -2.49. The third-order valence-corrected chi connectivity index (χ3v) is 5.31. The third kappa shape index (κ3) is 3.95. The first-order valence-electron chi connectivity index (χ1n) is 8.23. The largest absolute Gasteiger partial charge is 0.383 e. The first kappa shape index (κ1) is 16.1. The van der Waals surface area contributed by atoms with Gasteiger partial charge in [0.15, 0.2) is 5.13 Å². The minimum absolute atomic E-state index is 0.563. The monoisotopic (exact) mass is 331 g/mol. The second-order valence-corrected chi connectivity index (χ2v) is 6.89. The Morgan fingerprint density at radius 1 is 1.22 bits per heavy atom. The van der Waals surface area contributed by atoms with Gasteiger partial charge < -0.3 is 16.0 Å². The highest BCUT2D eigenvalue weighted by molar-refractivity contribution is 7.14. The Kier molecular flexibility index (Phi) is 5.03. The number of nitrogen functional groups attached to an aromatic ring is 1. The number of hydrogen-bond acceptors (Lipinski definition) is 6. The molecular formula is C17H25N5S. The van der Waals surface area contributed by atoms with Crippen molar-refractivity contribution in [1.29, 1.82) is 0 Å². The standard InChI is InChI=1S/C17H25N5S/c1-3-13(2)21-8-10-22(11-9-21)15-6-4-14(5-7-15)19-17-20-16(18)12-23-17/h4-7,12-13H,3,8-11,18H2,1-2H3,(H,19,20). The van der Waals surface area contributed by atoms with Gasteiger partial charge in [0.25, 0.3) is 0 Å². The number of thiazole rings is 1. The summed E-state index contributed by atoms with van der Waals surface area (Å²) in [5.41, 5.74) is 7.98. The topological polar surface area (TPSA) is 57.4 Å². The van der Waals surface area contributed by atoms with E-state index in [1.807, 2.05) is 5.38 Å². The number of piperazine rings is 1. The molecule has 1 aromatic carbocycles. The maximum Gasteiger partial charge on any atom is 0.189 e. The molecule has 1 saturated heterocycles. The fraction of sp³-hybridized carbons (Fsp3) is 0.471. The third-order valence-electron chi connectivity index (χ3n) is 4.53. The van der Waals surface area contributed by atoms with E-state index in [-0.39, 0.29) is 0 Å². The number of benzene rings is 1. The first-order chi connectivity index (χ1) is 11.2. The molecule has 124 valence electrons. The highest BCUT2D eigenvalue weighted by Gasteiger charge is 2.20. The van der Waals surface area contributed by atoms with Gasteiger partial charge in [0.2, 0.25) is 0 Å². The van der Waals surface area contributed by atoms with Crippen LogP contribution < -0.4 is 16.0 Å². The zero-order valence-corrected chi connectivity index (χ0v) is 14.6. The SMILES string of the molecule is CCC(C)N1CCN(c2ccc(Nc3nc(N)cs3)cc2)CC1. The minimum atomic E-state index is 0.563. The van der Waals surface area contributed by atoms with E-state index >= 15 is 0 Å². The van der Waals surface area contributed by atoms with Gasteiger partial charge in [-0.25, -0.2) is 4.98 Å². The summed E-state index contributed by atoms with van der Waals surface area (Å²) in [5.74, 6) is 0.563. The van der Waals surface area contributed by atoms with Gasteiger partial charge in [-0.2, -0.15) is 0 Å². The van der Waals surface area contributed by atoms with Gasteiger partial charge in [-0.1, -0.05) is 6.92 Å². The van der Waals surface area contributed by atoms with E-state index in [1.165, 1.54) is 23.4 Å². The Hall–Kier alpha value is -1.79. The molecule has 0 radical (unpaired) electrons. The zero-order chi connectivity index (χ0) is 16.2. The lowest BCUT2D eigenvalue weighted by molar-refractivity contribution is 0.193. The summed E-state index contributed by atoms with van der Waals surface area (Å²) >= 11 is 1.52. The van der Waals surface area contributed by atoms with Gasteiger partial charge >= 0.3 is 0 Å². The molecule has 1 aliphatic rings. The normalized spacial score (nSPS) is 17.2. The van der Waals surface area contributed by atoms with Crippen LogP contribution in [0.4, 0.5) is 22.3 Å². The van der Waals surface area contributed by atoms with Gasteiger partial charge in [-0.05, 0) is 37.6 Å². The Morgan fingerprint density at radius 2 is 1.91 bits per heavy atom. The van der Waals surface area contributed by atoms with Crippen molar-refractivity contribution in [2.24, 2.45) is 0 Å². The van der Waals surface area contributed by atoms with Crippen LogP contribution in [0.1, 0.15) is 20.3 Å². The number of anilines is 4. The summed E-state index contributed by atoms with van der Waals surface area (Å²) in [5, 5.41) is 5.96. The van der Waals surface area contributed by atoms with Crippen molar-refractivity contribution in [2.75, 3.05) is 42.1 Å². The molecule has 0 aliphatic carbocycles. The predicted octanol–water partition coefficient (Wildman–Crippen LogP) is 3.39. The molecule has 0 bridgehead atoms. The van der Waals surface area contributed by atoms with Gasteiger partial charge in [0, 0.05) is 49.0 Å². The van der Waals surface area contributed by atoms with Crippen LogP contribution in [0, 0.1) is 0 Å². The number of nitrogens with two attached hydrogens (primary N) is 1. The van der Waals surface area contributed by atoms with Gasteiger partial charge in [-0.15, -0.1) is 11.3 Å². The Morgan fingerprint density at radius 3 is 2.48 bits per heavy atom. The Bertz CT molecular complexity index is 616. The van der Waals surface area contributed by atoms with Crippen molar-refractivity contribution in [3.8, 4) is 0 Å². The van der Waals surface area contributed by atoms with Gasteiger partial charge in [0.05, 0.1) is 0 Å². The van der Waals surface area contributed by atoms with Crippen LogP contribution in [-0.4, -0.2) is 42.1 Å². The molecule has 1 aromatic heterocycles. The Labute approximate surface area is 142 Å². The van der Waals surface area contributed by atoms with E-state index in [1.54, 1.807) is 0 Å². The van der Waals surface area contributed by atoms with Crippen LogP contribution >= 0.6 is 11.3 Å². The number of nitrogens with zero attached hydrogens (tertiary/aromatic N) is 3. The summed E-state index contributed by atoms with van der Waals surface area (Å²) in [6, 6.07) is 9.26. The molecule has 1 fully saturated rings. The fourth-order valence-corrected chi connectivity index (χ4v) is 3.52. The highest BCUT2D eigenvalue weighted by Crippen LogP contribution is 2.25. The summed E-state index contributed by atoms with van der Waals surface area (Å²) in [6.45, 7) is 9.07. The van der Waals surface area contributed by atoms with Gasteiger partial charge in [-0.3, -0.25) is 4.90 Å². The average molecular weight is 331 g/mol. The molecule has 2 heterocycles. The van der Waals surface area contributed by atoms with Crippen molar-refractivity contribution in [1.82, 2.24) is 9.88 Å². The van der Waals surface area contributed by atoms with E-state index in [2.05, 4.69) is 58.2 Å². The lowest BCUT2D eigenvalue weighted by atomic mass is 10.1. The average Bonchev–Trinajstić information content (AvgIpc) is 3.00. The summed E-state index contributed by atoms with van der Waals surface area (Å²) in [4.78, 5) is 9.27. The molecule has 0 amide bonds. The fourth-order valence-electron chi connectivity index (χ4n) is 2.90. The molecule has 5 nitrogen and oxygen atoms in total. The summed E-state index contributed by atoms with van der Waals surface area (Å²) < 4.78 is 0. The van der Waals surface area contributed by atoms with Crippen LogP contribution in [0.25, 0.3) is 0 Å². The zero-order valence-electron chi connectivity index (χ0n) is 13.8. The van der Waals surface area contributed by atoms with Crippen molar-refractivity contribution in [2.45, 2.75) is 26.3 Å². The van der Waals surface area contributed by atoms with E-state index < -0.39 is 0 Å². The predicted molar refractivity (Wildman–Crippen MR) is 99.8 cm³/mol. The van der Waals surface area contributed by atoms with Crippen LogP contribution in [-0.2, 0) is 0 Å². The van der Waals surface area contributed by atoms with Crippen LogP contribution in [0.2, 0.25) is 0 Å². The maximum atomic E-state index is 5.64. The maximum absolute atomic E-state index is 5.64. The molecule has 6 heteroatoms. The first-order valence-corrected chi connectivity index (χ1v) is 9.10. The molecule has 23 heavy (non-hydrogen) atoms.